The molecule has 170 valence electrons. The van der Waals surface area contributed by atoms with Gasteiger partial charge in [-0.1, -0.05) is 50.2 Å². The highest BCUT2D eigenvalue weighted by Gasteiger charge is 2.22. The van der Waals surface area contributed by atoms with E-state index in [9.17, 15) is 13.2 Å². The monoisotopic (exact) mass is 454 g/mol. The Balaban J connectivity index is 1.74. The molecule has 0 spiro atoms. The Morgan fingerprint density at radius 2 is 1.72 bits per heavy atom. The smallest absolute Gasteiger partial charge is 0.251 e. The fourth-order valence-electron chi connectivity index (χ4n) is 3.68. The van der Waals surface area contributed by atoms with Crippen LogP contribution in [-0.4, -0.2) is 41.5 Å². The van der Waals surface area contributed by atoms with Crippen molar-refractivity contribution in [1.82, 2.24) is 19.4 Å². The van der Waals surface area contributed by atoms with Crippen molar-refractivity contribution in [3.63, 3.8) is 0 Å². The molecule has 0 unspecified atom stereocenters. The molecule has 1 heterocycles. The zero-order valence-corrected chi connectivity index (χ0v) is 19.8. The second-order valence-electron chi connectivity index (χ2n) is 7.59. The zero-order chi connectivity index (χ0) is 23.3. The zero-order valence-electron chi connectivity index (χ0n) is 19.0. The van der Waals surface area contributed by atoms with Gasteiger partial charge in [-0.15, -0.1) is 0 Å². The molecule has 0 radical (unpaired) electrons. The van der Waals surface area contributed by atoms with Gasteiger partial charge in [0.2, 0.25) is 10.0 Å². The molecular weight excluding hydrogens is 424 g/mol. The van der Waals surface area contributed by atoms with Gasteiger partial charge in [-0.05, 0) is 37.6 Å². The van der Waals surface area contributed by atoms with E-state index in [1.54, 1.807) is 26.0 Å². The molecule has 7 nitrogen and oxygen atoms in total. The minimum Gasteiger partial charge on any atom is -0.348 e. The molecule has 1 N–H and O–H groups in total. The molecule has 3 aromatic rings. The summed E-state index contributed by atoms with van der Waals surface area (Å²) in [5, 5.41) is 7.53. The summed E-state index contributed by atoms with van der Waals surface area (Å²) in [6.45, 7) is 9.22. The first-order valence-corrected chi connectivity index (χ1v) is 12.2. The molecule has 8 heteroatoms. The largest absolute Gasteiger partial charge is 0.348 e. The number of rotatable bonds is 9. The number of nitrogens with zero attached hydrogens (tertiary/aromatic N) is 3. The summed E-state index contributed by atoms with van der Waals surface area (Å²) in [6, 6.07) is 16.2. The molecule has 2 aromatic carbocycles. The lowest BCUT2D eigenvalue weighted by Crippen LogP contribution is -2.31. The first-order valence-electron chi connectivity index (χ1n) is 10.7. The van der Waals surface area contributed by atoms with Crippen LogP contribution in [0.25, 0.3) is 0 Å². The Morgan fingerprint density at radius 3 is 2.38 bits per heavy atom. The van der Waals surface area contributed by atoms with Gasteiger partial charge in [0.15, 0.2) is 0 Å². The van der Waals surface area contributed by atoms with Crippen LogP contribution in [-0.2, 0) is 23.1 Å². The molecule has 0 saturated carbocycles. The third-order valence-electron chi connectivity index (χ3n) is 5.57. The van der Waals surface area contributed by atoms with Crippen molar-refractivity contribution in [3.8, 4) is 0 Å². The Bertz CT molecular complexity index is 1180. The summed E-state index contributed by atoms with van der Waals surface area (Å²) in [5.41, 5.74) is 4.27. The summed E-state index contributed by atoms with van der Waals surface area (Å²) in [7, 11) is -3.62. The van der Waals surface area contributed by atoms with Gasteiger partial charge in [0, 0.05) is 36.5 Å². The van der Waals surface area contributed by atoms with E-state index in [-0.39, 0.29) is 10.8 Å². The summed E-state index contributed by atoms with van der Waals surface area (Å²) in [6.07, 6.45) is 0. The number of aromatic nitrogens is 2. The number of benzene rings is 2. The number of sulfonamides is 1. The van der Waals surface area contributed by atoms with Crippen molar-refractivity contribution < 1.29 is 13.2 Å². The number of nitrogens with one attached hydrogen (secondary N) is 1. The van der Waals surface area contributed by atoms with Crippen LogP contribution in [0, 0.1) is 13.8 Å². The summed E-state index contributed by atoms with van der Waals surface area (Å²) >= 11 is 0. The Hall–Kier alpha value is -2.97. The highest BCUT2D eigenvalue weighted by molar-refractivity contribution is 7.89. The first kappa shape index (κ1) is 23.7. The lowest BCUT2D eigenvalue weighted by molar-refractivity contribution is 0.0950. The van der Waals surface area contributed by atoms with Crippen LogP contribution in [0.4, 0.5) is 0 Å². The summed E-state index contributed by atoms with van der Waals surface area (Å²) in [4.78, 5) is 12.9. The topological polar surface area (TPSA) is 84.3 Å². The lowest BCUT2D eigenvalue weighted by atomic mass is 10.1. The third-order valence-corrected chi connectivity index (χ3v) is 7.62. The second-order valence-corrected chi connectivity index (χ2v) is 9.53. The molecule has 0 aliphatic rings. The highest BCUT2D eigenvalue weighted by Crippen LogP contribution is 2.18. The molecule has 0 fully saturated rings. The van der Waals surface area contributed by atoms with Gasteiger partial charge < -0.3 is 5.32 Å². The number of hydrogen-bond donors (Lipinski definition) is 1. The Kier molecular flexibility index (Phi) is 7.48. The van der Waals surface area contributed by atoms with E-state index in [0.29, 0.717) is 31.7 Å². The fourth-order valence-corrected chi connectivity index (χ4v) is 5.19. The van der Waals surface area contributed by atoms with Crippen LogP contribution in [0.3, 0.4) is 0 Å². The van der Waals surface area contributed by atoms with Gasteiger partial charge in [-0.3, -0.25) is 9.48 Å². The standard InChI is InChI=1S/C24H30N4O3S/c1-5-27(6-2)32(30,31)22-14-10-13-21(15-22)24(29)25-16-23-18(3)26-28(19(23)4)17-20-11-8-7-9-12-20/h7-15H,5-6,16-17H2,1-4H3,(H,25,29). The van der Waals surface area contributed by atoms with Crippen LogP contribution < -0.4 is 5.32 Å². The fraction of sp³-hybridized carbons (Fsp3) is 0.333. The molecule has 0 aliphatic heterocycles. The average Bonchev–Trinajstić information content (AvgIpc) is 3.05. The quantitative estimate of drug-likeness (QED) is 0.536. The maximum absolute atomic E-state index is 12.8. The van der Waals surface area contributed by atoms with E-state index in [1.807, 2.05) is 36.7 Å². The van der Waals surface area contributed by atoms with Crippen LogP contribution in [0.15, 0.2) is 59.5 Å². The third kappa shape index (κ3) is 5.08. The number of amides is 1. The van der Waals surface area contributed by atoms with E-state index in [0.717, 1.165) is 22.5 Å². The van der Waals surface area contributed by atoms with E-state index >= 15 is 0 Å². The van der Waals surface area contributed by atoms with Crippen molar-refractivity contribution in [2.75, 3.05) is 13.1 Å². The predicted molar refractivity (Wildman–Crippen MR) is 125 cm³/mol. The van der Waals surface area contributed by atoms with E-state index in [4.69, 9.17) is 0 Å². The minimum absolute atomic E-state index is 0.122. The van der Waals surface area contributed by atoms with Crippen molar-refractivity contribution >= 4 is 15.9 Å². The van der Waals surface area contributed by atoms with Gasteiger partial charge in [0.25, 0.3) is 5.91 Å². The van der Waals surface area contributed by atoms with Crippen molar-refractivity contribution in [3.05, 3.63) is 82.7 Å². The molecule has 32 heavy (non-hydrogen) atoms. The summed E-state index contributed by atoms with van der Waals surface area (Å²) < 4.78 is 28.9. The van der Waals surface area contributed by atoms with Crippen molar-refractivity contribution in [2.45, 2.75) is 45.7 Å². The number of hydrogen-bond acceptors (Lipinski definition) is 4. The van der Waals surface area contributed by atoms with Gasteiger partial charge in [-0.2, -0.15) is 9.40 Å². The number of aryl methyl sites for hydroxylation is 1. The van der Waals surface area contributed by atoms with Crippen LogP contribution >= 0.6 is 0 Å². The number of carbonyl (C=O) groups is 1. The maximum atomic E-state index is 12.8. The van der Waals surface area contributed by atoms with Gasteiger partial charge in [-0.25, -0.2) is 8.42 Å². The van der Waals surface area contributed by atoms with Gasteiger partial charge >= 0.3 is 0 Å². The molecular formula is C24H30N4O3S. The Labute approximate surface area is 190 Å². The predicted octanol–water partition coefficient (Wildman–Crippen LogP) is 3.51. The normalized spacial score (nSPS) is 11.7. The average molecular weight is 455 g/mol. The molecule has 1 aromatic heterocycles. The molecule has 0 aliphatic carbocycles. The van der Waals surface area contributed by atoms with Crippen LogP contribution in [0.2, 0.25) is 0 Å². The van der Waals surface area contributed by atoms with Gasteiger partial charge in [0.05, 0.1) is 17.1 Å². The highest BCUT2D eigenvalue weighted by atomic mass is 32.2. The molecule has 1 amide bonds. The summed E-state index contributed by atoms with van der Waals surface area (Å²) in [5.74, 6) is -0.323. The molecule has 0 bridgehead atoms. The number of carbonyl (C=O) groups excluding carboxylic acids is 1. The van der Waals surface area contributed by atoms with Crippen molar-refractivity contribution in [2.24, 2.45) is 0 Å². The second kappa shape index (κ2) is 10.1. The van der Waals surface area contributed by atoms with E-state index < -0.39 is 10.0 Å². The Morgan fingerprint density at radius 1 is 1.03 bits per heavy atom. The lowest BCUT2D eigenvalue weighted by Gasteiger charge is -2.18. The van der Waals surface area contributed by atoms with Crippen LogP contribution in [0.5, 0.6) is 0 Å². The first-order chi connectivity index (χ1) is 15.3. The van der Waals surface area contributed by atoms with E-state index in [1.165, 1.54) is 16.4 Å². The SMILES string of the molecule is CCN(CC)S(=O)(=O)c1cccc(C(=O)NCc2c(C)nn(Cc3ccccc3)c2C)c1. The van der Waals surface area contributed by atoms with Crippen molar-refractivity contribution in [1.29, 1.82) is 0 Å². The molecule has 0 atom stereocenters. The molecule has 3 rings (SSSR count). The van der Waals surface area contributed by atoms with Crippen LogP contribution in [0.1, 0.15) is 46.7 Å². The van der Waals surface area contributed by atoms with E-state index in [2.05, 4.69) is 22.5 Å². The minimum atomic E-state index is -3.62. The maximum Gasteiger partial charge on any atom is 0.251 e. The van der Waals surface area contributed by atoms with Gasteiger partial charge in [0.1, 0.15) is 0 Å². The molecule has 0 saturated heterocycles.